The Morgan fingerprint density at radius 2 is 2.20 bits per heavy atom. The van der Waals surface area contributed by atoms with Crippen LogP contribution >= 0.6 is 0 Å². The van der Waals surface area contributed by atoms with E-state index in [-0.39, 0.29) is 12.3 Å². The van der Waals surface area contributed by atoms with E-state index in [2.05, 4.69) is 0 Å². The topological polar surface area (TPSA) is 48.0 Å². The van der Waals surface area contributed by atoms with Gasteiger partial charge >= 0.3 is 0 Å². The quantitative estimate of drug-likeness (QED) is 0.752. The zero-order valence-corrected chi connectivity index (χ0v) is 8.95. The van der Waals surface area contributed by atoms with Crippen LogP contribution in [0.2, 0.25) is 0 Å². The van der Waals surface area contributed by atoms with Crippen LogP contribution in [0.4, 0.5) is 0 Å². The van der Waals surface area contributed by atoms with Gasteiger partial charge in [-0.15, -0.1) is 0 Å². The molecule has 0 bridgehead atoms. The smallest absolute Gasteiger partial charge is 0.178 e. The number of carbonyl (C=O) groups excluding carboxylic acids is 1. The molecule has 2 aromatic rings. The maximum Gasteiger partial charge on any atom is 0.178 e. The minimum absolute atomic E-state index is 0.00815. The number of fused-ring (bicyclic) bond motifs is 1. The summed E-state index contributed by atoms with van der Waals surface area (Å²) in [4.78, 5) is 11.6. The molecule has 78 valence electrons. The lowest BCUT2D eigenvalue weighted by Crippen LogP contribution is -2.13. The van der Waals surface area contributed by atoms with Crippen molar-refractivity contribution in [3.05, 3.63) is 35.5 Å². The number of hydrogen-bond acceptors (Lipinski definition) is 2. The second kappa shape index (κ2) is 3.51. The van der Waals surface area contributed by atoms with Gasteiger partial charge in [-0.05, 0) is 19.1 Å². The zero-order chi connectivity index (χ0) is 11.0. The summed E-state index contributed by atoms with van der Waals surface area (Å²) in [5.74, 6) is -0.00815. The van der Waals surface area contributed by atoms with Gasteiger partial charge in [0.2, 0.25) is 0 Å². The van der Waals surface area contributed by atoms with Crippen LogP contribution in [-0.2, 0) is 7.05 Å². The Labute approximate surface area is 88.5 Å². The van der Waals surface area contributed by atoms with Gasteiger partial charge in [0.15, 0.2) is 5.78 Å². The van der Waals surface area contributed by atoms with Crippen LogP contribution in [0.3, 0.4) is 0 Å². The van der Waals surface area contributed by atoms with Crippen LogP contribution in [0.25, 0.3) is 10.9 Å². The van der Waals surface area contributed by atoms with Crippen molar-refractivity contribution in [1.82, 2.24) is 4.57 Å². The minimum atomic E-state index is -0.00815. The van der Waals surface area contributed by atoms with Gasteiger partial charge in [-0.3, -0.25) is 4.79 Å². The molecule has 1 heterocycles. The summed E-state index contributed by atoms with van der Waals surface area (Å²) in [5, 5.41) is 0.993. The largest absolute Gasteiger partial charge is 0.350 e. The third-order valence-electron chi connectivity index (χ3n) is 2.63. The highest BCUT2D eigenvalue weighted by atomic mass is 16.1. The number of Topliss-reactive ketones (excluding diaryl/α,β-unsaturated/α-hetero) is 1. The molecule has 0 atom stereocenters. The van der Waals surface area contributed by atoms with E-state index in [0.717, 1.165) is 22.0 Å². The molecule has 0 fully saturated rings. The summed E-state index contributed by atoms with van der Waals surface area (Å²) >= 11 is 0. The van der Waals surface area contributed by atoms with Gasteiger partial charge in [0, 0.05) is 29.7 Å². The fraction of sp³-hybridized carbons (Fsp3) is 0.250. The van der Waals surface area contributed by atoms with E-state index in [0.29, 0.717) is 0 Å². The van der Waals surface area contributed by atoms with Crippen LogP contribution in [-0.4, -0.2) is 16.9 Å². The van der Waals surface area contributed by atoms with Crippen LogP contribution in [0, 0.1) is 6.92 Å². The molecule has 0 saturated carbocycles. The number of nitrogens with zero attached hydrogens (tertiary/aromatic N) is 1. The molecule has 0 aliphatic carbocycles. The number of aromatic nitrogens is 1. The minimum Gasteiger partial charge on any atom is -0.350 e. The molecule has 3 heteroatoms. The Balaban J connectivity index is 2.75. The van der Waals surface area contributed by atoms with Crippen LogP contribution in [0.1, 0.15) is 15.9 Å². The van der Waals surface area contributed by atoms with E-state index in [9.17, 15) is 4.79 Å². The lowest BCUT2D eigenvalue weighted by Gasteiger charge is -1.97. The summed E-state index contributed by atoms with van der Waals surface area (Å²) in [6.45, 7) is 2.08. The summed E-state index contributed by atoms with van der Waals surface area (Å²) in [7, 11) is 1.94. The summed E-state index contributed by atoms with van der Waals surface area (Å²) in [6.07, 6.45) is 1.85. The molecule has 0 saturated heterocycles. The van der Waals surface area contributed by atoms with Crippen LogP contribution in [0.15, 0.2) is 24.4 Å². The van der Waals surface area contributed by atoms with Gasteiger partial charge in [-0.1, -0.05) is 11.6 Å². The molecular formula is C12H14N2O. The molecule has 0 aliphatic heterocycles. The molecule has 3 nitrogen and oxygen atoms in total. The number of nitrogens with two attached hydrogens (primary N) is 1. The first-order chi connectivity index (χ1) is 7.13. The molecule has 2 rings (SSSR count). The molecule has 15 heavy (non-hydrogen) atoms. The second-order valence-electron chi connectivity index (χ2n) is 3.80. The molecule has 0 spiro atoms. The lowest BCUT2D eigenvalue weighted by atomic mass is 10.1. The predicted octanol–water partition coefficient (Wildman–Crippen LogP) is 1.63. The Morgan fingerprint density at radius 3 is 2.87 bits per heavy atom. The average Bonchev–Trinajstić information content (AvgIpc) is 2.54. The number of carbonyl (C=O) groups is 1. The number of ketones is 1. The van der Waals surface area contributed by atoms with Crippen LogP contribution < -0.4 is 5.73 Å². The third kappa shape index (κ3) is 1.55. The SMILES string of the molecule is Cc1ccc2c(c1)c(C(=O)CN)cn2C. The van der Waals surface area contributed by atoms with E-state index < -0.39 is 0 Å². The van der Waals surface area contributed by atoms with E-state index in [1.54, 1.807) is 0 Å². The van der Waals surface area contributed by atoms with E-state index in [4.69, 9.17) is 5.73 Å². The monoisotopic (exact) mass is 202 g/mol. The Hall–Kier alpha value is -1.61. The van der Waals surface area contributed by atoms with E-state index in [1.807, 2.05) is 42.9 Å². The fourth-order valence-corrected chi connectivity index (χ4v) is 1.84. The molecular weight excluding hydrogens is 188 g/mol. The van der Waals surface area contributed by atoms with E-state index >= 15 is 0 Å². The normalized spacial score (nSPS) is 10.9. The van der Waals surface area contributed by atoms with Crippen molar-refractivity contribution in [1.29, 1.82) is 0 Å². The average molecular weight is 202 g/mol. The molecule has 0 aliphatic rings. The molecule has 0 unspecified atom stereocenters. The van der Waals surface area contributed by atoms with Crippen molar-refractivity contribution < 1.29 is 4.79 Å². The maximum absolute atomic E-state index is 11.6. The maximum atomic E-state index is 11.6. The summed E-state index contributed by atoms with van der Waals surface area (Å²) in [6, 6.07) is 6.09. The fourth-order valence-electron chi connectivity index (χ4n) is 1.84. The van der Waals surface area contributed by atoms with Crippen molar-refractivity contribution in [3.8, 4) is 0 Å². The van der Waals surface area contributed by atoms with Crippen LogP contribution in [0.5, 0.6) is 0 Å². The molecule has 1 aromatic heterocycles. The first-order valence-electron chi connectivity index (χ1n) is 4.92. The van der Waals surface area contributed by atoms with Crippen molar-refractivity contribution in [2.24, 2.45) is 12.8 Å². The highest BCUT2D eigenvalue weighted by Crippen LogP contribution is 2.22. The number of aryl methyl sites for hydroxylation is 2. The highest BCUT2D eigenvalue weighted by Gasteiger charge is 2.12. The predicted molar refractivity (Wildman–Crippen MR) is 61.0 cm³/mol. The zero-order valence-electron chi connectivity index (χ0n) is 8.95. The standard InChI is InChI=1S/C12H14N2O/c1-8-3-4-11-9(5-8)10(7-14(11)2)12(15)6-13/h3-5,7H,6,13H2,1-2H3. The van der Waals surface area contributed by atoms with Crippen molar-refractivity contribution in [2.45, 2.75) is 6.92 Å². The Kier molecular flexibility index (Phi) is 2.32. The van der Waals surface area contributed by atoms with Crippen molar-refractivity contribution in [3.63, 3.8) is 0 Å². The second-order valence-corrected chi connectivity index (χ2v) is 3.80. The third-order valence-corrected chi connectivity index (χ3v) is 2.63. The van der Waals surface area contributed by atoms with E-state index in [1.165, 1.54) is 0 Å². The summed E-state index contributed by atoms with van der Waals surface area (Å²) in [5.41, 5.74) is 8.32. The van der Waals surface area contributed by atoms with Gasteiger partial charge in [0.1, 0.15) is 0 Å². The Morgan fingerprint density at radius 1 is 1.47 bits per heavy atom. The lowest BCUT2D eigenvalue weighted by molar-refractivity contribution is 0.100. The van der Waals surface area contributed by atoms with Crippen molar-refractivity contribution >= 4 is 16.7 Å². The first kappa shape index (κ1) is 9.93. The first-order valence-corrected chi connectivity index (χ1v) is 4.92. The number of rotatable bonds is 2. The van der Waals surface area contributed by atoms with Gasteiger partial charge in [0.25, 0.3) is 0 Å². The highest BCUT2D eigenvalue weighted by molar-refractivity contribution is 6.09. The molecule has 0 amide bonds. The van der Waals surface area contributed by atoms with Gasteiger partial charge < -0.3 is 10.3 Å². The van der Waals surface area contributed by atoms with Gasteiger partial charge in [-0.2, -0.15) is 0 Å². The van der Waals surface area contributed by atoms with Gasteiger partial charge in [0.05, 0.1) is 6.54 Å². The molecule has 0 radical (unpaired) electrons. The van der Waals surface area contributed by atoms with Crippen molar-refractivity contribution in [2.75, 3.05) is 6.54 Å². The summed E-state index contributed by atoms with van der Waals surface area (Å²) < 4.78 is 1.96. The number of benzene rings is 1. The van der Waals surface area contributed by atoms with Gasteiger partial charge in [-0.25, -0.2) is 0 Å². The molecule has 2 N–H and O–H groups in total. The Bertz CT molecular complexity index is 526. The number of hydrogen-bond donors (Lipinski definition) is 1. The molecule has 1 aromatic carbocycles.